The molecule has 1 aliphatic heterocycles. The second kappa shape index (κ2) is 9.02. The molecule has 1 fully saturated rings. The maximum atomic E-state index is 12.8. The van der Waals surface area contributed by atoms with Crippen molar-refractivity contribution < 1.29 is 9.59 Å². The van der Waals surface area contributed by atoms with Crippen molar-refractivity contribution in [3.8, 4) is 0 Å². The average molecular weight is 386 g/mol. The Morgan fingerprint density at radius 1 is 1.15 bits per heavy atom. The topological polar surface area (TPSA) is 75.4 Å². The van der Waals surface area contributed by atoms with Gasteiger partial charge in [0.15, 0.2) is 0 Å². The molecule has 2 aromatic rings. The lowest BCUT2D eigenvalue weighted by Gasteiger charge is -2.26. The third-order valence-corrected chi connectivity index (χ3v) is 5.05. The molecular weight excluding hydrogens is 362 g/mol. The van der Waals surface area contributed by atoms with Crippen LogP contribution in [0.5, 0.6) is 0 Å². The summed E-state index contributed by atoms with van der Waals surface area (Å²) in [5, 5.41) is 3.54. The number of nitrogens with two attached hydrogens (primary N) is 1. The Balaban J connectivity index is 1.58. The second-order valence-electron chi connectivity index (χ2n) is 6.83. The number of carbonyl (C=O) groups excluding carboxylic acids is 2. The van der Waals surface area contributed by atoms with Crippen LogP contribution in [-0.4, -0.2) is 35.3 Å². The Kier molecular flexibility index (Phi) is 6.48. The van der Waals surface area contributed by atoms with Gasteiger partial charge in [-0.3, -0.25) is 9.59 Å². The normalized spacial score (nSPS) is 17.6. The summed E-state index contributed by atoms with van der Waals surface area (Å²) in [7, 11) is 0. The first-order chi connectivity index (χ1) is 13.0. The van der Waals surface area contributed by atoms with Gasteiger partial charge in [0.1, 0.15) is 6.04 Å². The summed E-state index contributed by atoms with van der Waals surface area (Å²) in [4.78, 5) is 27.0. The van der Waals surface area contributed by atoms with E-state index in [0.717, 1.165) is 17.5 Å². The molecule has 0 aliphatic carbocycles. The maximum Gasteiger partial charge on any atom is 0.243 e. The van der Waals surface area contributed by atoms with Crippen molar-refractivity contribution in [3.63, 3.8) is 0 Å². The Labute approximate surface area is 164 Å². The fourth-order valence-electron chi connectivity index (χ4n) is 3.43. The number of carbonyl (C=O) groups is 2. The number of nitrogens with zero attached hydrogens (tertiary/aromatic N) is 1. The second-order valence-corrected chi connectivity index (χ2v) is 7.27. The SMILES string of the molecule is N[C@H](Cc1ccccc1)C(=O)N1CCC[C@H]1C(=O)NCc1cccc(Cl)c1. The zero-order chi connectivity index (χ0) is 19.2. The van der Waals surface area contributed by atoms with Gasteiger partial charge in [0.25, 0.3) is 0 Å². The van der Waals surface area contributed by atoms with Gasteiger partial charge in [-0.1, -0.05) is 54.1 Å². The van der Waals surface area contributed by atoms with Crippen LogP contribution in [0.25, 0.3) is 0 Å². The number of nitrogens with one attached hydrogen (secondary N) is 1. The molecule has 0 bridgehead atoms. The van der Waals surface area contributed by atoms with Crippen molar-refractivity contribution in [2.24, 2.45) is 5.73 Å². The number of hydrogen-bond donors (Lipinski definition) is 2. The highest BCUT2D eigenvalue weighted by molar-refractivity contribution is 6.30. The molecule has 0 radical (unpaired) electrons. The highest BCUT2D eigenvalue weighted by atomic mass is 35.5. The van der Waals surface area contributed by atoms with E-state index >= 15 is 0 Å². The van der Waals surface area contributed by atoms with Gasteiger partial charge in [-0.05, 0) is 42.5 Å². The number of benzene rings is 2. The minimum atomic E-state index is -0.645. The number of hydrogen-bond acceptors (Lipinski definition) is 3. The number of halogens is 1. The van der Waals surface area contributed by atoms with Crippen LogP contribution in [0.15, 0.2) is 54.6 Å². The number of likely N-dealkylation sites (tertiary alicyclic amines) is 1. The van der Waals surface area contributed by atoms with E-state index in [-0.39, 0.29) is 11.8 Å². The molecule has 1 aliphatic rings. The summed E-state index contributed by atoms with van der Waals surface area (Å²) < 4.78 is 0. The van der Waals surface area contributed by atoms with Gasteiger partial charge in [0.05, 0.1) is 6.04 Å². The molecular formula is C21H24ClN3O2. The molecule has 27 heavy (non-hydrogen) atoms. The van der Waals surface area contributed by atoms with E-state index in [0.29, 0.717) is 31.0 Å². The number of amides is 2. The summed E-state index contributed by atoms with van der Waals surface area (Å²) >= 11 is 5.97. The largest absolute Gasteiger partial charge is 0.350 e. The average Bonchev–Trinajstić information content (AvgIpc) is 3.16. The summed E-state index contributed by atoms with van der Waals surface area (Å²) in [6.45, 7) is 0.949. The Hall–Kier alpha value is -2.37. The van der Waals surface area contributed by atoms with E-state index in [1.807, 2.05) is 48.5 Å². The molecule has 2 amide bonds. The fraction of sp³-hybridized carbons (Fsp3) is 0.333. The lowest BCUT2D eigenvalue weighted by Crippen LogP contribution is -2.51. The van der Waals surface area contributed by atoms with Crippen LogP contribution < -0.4 is 11.1 Å². The summed E-state index contributed by atoms with van der Waals surface area (Å²) in [6, 6.07) is 15.9. The molecule has 142 valence electrons. The Morgan fingerprint density at radius 3 is 2.63 bits per heavy atom. The third kappa shape index (κ3) is 5.08. The monoisotopic (exact) mass is 385 g/mol. The standard InChI is InChI=1S/C21H24ClN3O2/c22-17-9-4-8-16(12-17)14-24-20(26)19-10-5-11-25(19)21(27)18(23)13-15-6-2-1-3-7-15/h1-4,6-9,12,18-19H,5,10-11,13-14,23H2,(H,24,26)/t18-,19+/m1/s1. The van der Waals surface area contributed by atoms with E-state index in [1.54, 1.807) is 11.0 Å². The third-order valence-electron chi connectivity index (χ3n) is 4.81. The van der Waals surface area contributed by atoms with Crippen LogP contribution in [0.3, 0.4) is 0 Å². The molecule has 0 spiro atoms. The van der Waals surface area contributed by atoms with Gasteiger partial charge in [0, 0.05) is 18.1 Å². The lowest BCUT2D eigenvalue weighted by atomic mass is 10.1. The Morgan fingerprint density at radius 2 is 1.89 bits per heavy atom. The summed E-state index contributed by atoms with van der Waals surface area (Å²) in [5.74, 6) is -0.313. The first-order valence-electron chi connectivity index (χ1n) is 9.17. The highest BCUT2D eigenvalue weighted by Gasteiger charge is 2.35. The molecule has 3 N–H and O–H groups in total. The molecule has 2 atom stereocenters. The first-order valence-corrected chi connectivity index (χ1v) is 9.54. The van der Waals surface area contributed by atoms with E-state index in [1.165, 1.54) is 0 Å². The van der Waals surface area contributed by atoms with Gasteiger partial charge in [-0.2, -0.15) is 0 Å². The van der Waals surface area contributed by atoms with Crippen molar-refractivity contribution in [2.75, 3.05) is 6.54 Å². The molecule has 3 rings (SSSR count). The minimum absolute atomic E-state index is 0.146. The highest BCUT2D eigenvalue weighted by Crippen LogP contribution is 2.19. The van der Waals surface area contributed by atoms with Crippen LogP contribution in [-0.2, 0) is 22.6 Å². The Bertz CT molecular complexity index is 797. The van der Waals surface area contributed by atoms with Crippen molar-refractivity contribution in [1.82, 2.24) is 10.2 Å². The van der Waals surface area contributed by atoms with E-state index < -0.39 is 12.1 Å². The van der Waals surface area contributed by atoms with Crippen LogP contribution >= 0.6 is 11.6 Å². The smallest absolute Gasteiger partial charge is 0.243 e. The summed E-state index contributed by atoms with van der Waals surface area (Å²) in [5.41, 5.74) is 8.07. The van der Waals surface area contributed by atoms with Crippen molar-refractivity contribution in [2.45, 2.75) is 37.9 Å². The van der Waals surface area contributed by atoms with Crippen molar-refractivity contribution in [1.29, 1.82) is 0 Å². The van der Waals surface area contributed by atoms with E-state index in [9.17, 15) is 9.59 Å². The molecule has 6 heteroatoms. The zero-order valence-electron chi connectivity index (χ0n) is 15.1. The molecule has 2 aromatic carbocycles. The van der Waals surface area contributed by atoms with Crippen LogP contribution in [0.4, 0.5) is 0 Å². The van der Waals surface area contributed by atoms with E-state index in [4.69, 9.17) is 17.3 Å². The van der Waals surface area contributed by atoms with Gasteiger partial charge < -0.3 is 16.0 Å². The summed E-state index contributed by atoms with van der Waals surface area (Å²) in [6.07, 6.45) is 1.93. The predicted molar refractivity (Wildman–Crippen MR) is 106 cm³/mol. The maximum absolute atomic E-state index is 12.8. The lowest BCUT2D eigenvalue weighted by molar-refractivity contribution is -0.139. The number of rotatable bonds is 6. The quantitative estimate of drug-likeness (QED) is 0.802. The molecule has 1 heterocycles. The van der Waals surface area contributed by atoms with Crippen LogP contribution in [0.2, 0.25) is 5.02 Å². The molecule has 0 aromatic heterocycles. The predicted octanol–water partition coefficient (Wildman–Crippen LogP) is 2.52. The van der Waals surface area contributed by atoms with E-state index in [2.05, 4.69) is 5.32 Å². The van der Waals surface area contributed by atoms with Crippen molar-refractivity contribution in [3.05, 3.63) is 70.7 Å². The van der Waals surface area contributed by atoms with Crippen molar-refractivity contribution >= 4 is 23.4 Å². The molecule has 5 nitrogen and oxygen atoms in total. The van der Waals surface area contributed by atoms with Gasteiger partial charge in [-0.15, -0.1) is 0 Å². The van der Waals surface area contributed by atoms with Crippen LogP contribution in [0, 0.1) is 0 Å². The van der Waals surface area contributed by atoms with Gasteiger partial charge in [-0.25, -0.2) is 0 Å². The fourth-order valence-corrected chi connectivity index (χ4v) is 3.64. The first kappa shape index (κ1) is 19.4. The van der Waals surface area contributed by atoms with Gasteiger partial charge >= 0.3 is 0 Å². The van der Waals surface area contributed by atoms with Gasteiger partial charge in [0.2, 0.25) is 11.8 Å². The minimum Gasteiger partial charge on any atom is -0.350 e. The zero-order valence-corrected chi connectivity index (χ0v) is 15.9. The molecule has 0 unspecified atom stereocenters. The molecule has 0 saturated carbocycles. The van der Waals surface area contributed by atoms with Crippen LogP contribution in [0.1, 0.15) is 24.0 Å². The molecule has 1 saturated heterocycles.